The van der Waals surface area contributed by atoms with Crippen molar-refractivity contribution in [1.29, 1.82) is 0 Å². The lowest BCUT2D eigenvalue weighted by Crippen LogP contribution is -2.35. The van der Waals surface area contributed by atoms with Crippen molar-refractivity contribution in [2.45, 2.75) is 44.5 Å². The fraction of sp³-hybridized carbons (Fsp3) is 0.562. The summed E-state index contributed by atoms with van der Waals surface area (Å²) < 4.78 is 15.4. The first kappa shape index (κ1) is 17.4. The predicted molar refractivity (Wildman–Crippen MR) is 80.9 cm³/mol. The maximum absolute atomic E-state index is 12.2. The Morgan fingerprint density at radius 3 is 2.61 bits per heavy atom. The smallest absolute Gasteiger partial charge is 0.342 e. The zero-order valence-electron chi connectivity index (χ0n) is 13.4. The van der Waals surface area contributed by atoms with Gasteiger partial charge >= 0.3 is 5.97 Å². The molecule has 0 radical (unpaired) electrons. The number of hydrogen-bond acceptors (Lipinski definition) is 7. The number of ether oxygens (including phenoxy) is 3. The second-order valence-electron chi connectivity index (χ2n) is 5.49. The number of methoxy groups -OCH3 is 2. The highest BCUT2D eigenvalue weighted by Crippen LogP contribution is 2.46. The maximum atomic E-state index is 12.2. The van der Waals surface area contributed by atoms with E-state index in [0.717, 1.165) is 6.42 Å². The number of phenolic OH excluding ortho intramolecular Hbond substituents is 1. The molecule has 1 aromatic carbocycles. The Labute approximate surface area is 134 Å². The number of benzene rings is 1. The van der Waals surface area contributed by atoms with Crippen LogP contribution in [0.3, 0.4) is 0 Å². The quantitative estimate of drug-likeness (QED) is 0.681. The molecule has 0 saturated carbocycles. The number of aliphatic hydroxyl groups is 2. The van der Waals surface area contributed by atoms with E-state index in [1.54, 1.807) is 0 Å². The van der Waals surface area contributed by atoms with E-state index in [-0.39, 0.29) is 29.0 Å². The Bertz CT molecular complexity index is 584. The molecule has 7 heteroatoms. The van der Waals surface area contributed by atoms with Crippen molar-refractivity contribution in [3.63, 3.8) is 0 Å². The zero-order chi connectivity index (χ0) is 17.1. The summed E-state index contributed by atoms with van der Waals surface area (Å²) in [6.45, 7) is 1.93. The molecule has 0 bridgehead atoms. The monoisotopic (exact) mass is 326 g/mol. The minimum absolute atomic E-state index is 0.000122. The molecule has 23 heavy (non-hydrogen) atoms. The summed E-state index contributed by atoms with van der Waals surface area (Å²) in [5.74, 6) is -0.999. The van der Waals surface area contributed by atoms with Crippen LogP contribution in [-0.4, -0.2) is 47.7 Å². The molecule has 3 atom stereocenters. The maximum Gasteiger partial charge on any atom is 0.342 e. The van der Waals surface area contributed by atoms with Gasteiger partial charge < -0.3 is 29.5 Å². The fourth-order valence-corrected chi connectivity index (χ4v) is 2.80. The molecule has 0 fully saturated rings. The van der Waals surface area contributed by atoms with E-state index < -0.39 is 30.0 Å². The summed E-state index contributed by atoms with van der Waals surface area (Å²) >= 11 is 0. The standard InChI is InChI=1S/C16H22O7/c1-4-5-8(17)6-10-13(18)9-7-11(21-2)15(22-3)14(19)12(9)16(20)23-10/h7-8,10,13,17-19H,4-6H2,1-3H3/t8-,10+,13+/m1/s1. The van der Waals surface area contributed by atoms with Gasteiger partial charge in [0.15, 0.2) is 11.5 Å². The summed E-state index contributed by atoms with van der Waals surface area (Å²) in [5.41, 5.74) is 0.0569. The molecule has 7 nitrogen and oxygen atoms in total. The lowest BCUT2D eigenvalue weighted by Gasteiger charge is -2.31. The first-order valence-corrected chi connectivity index (χ1v) is 7.49. The Hall–Kier alpha value is -1.99. The SMILES string of the molecule is CCC[C@@H](O)C[C@@H]1OC(=O)c2c(cc(OC)c(OC)c2O)[C@@H]1O. The van der Waals surface area contributed by atoms with Crippen molar-refractivity contribution < 1.29 is 34.3 Å². The van der Waals surface area contributed by atoms with E-state index in [4.69, 9.17) is 14.2 Å². The number of aliphatic hydroxyl groups excluding tert-OH is 2. The van der Waals surface area contributed by atoms with Gasteiger partial charge in [-0.2, -0.15) is 0 Å². The summed E-state index contributed by atoms with van der Waals surface area (Å²) in [7, 11) is 2.72. The third-order valence-corrected chi connectivity index (χ3v) is 3.93. The van der Waals surface area contributed by atoms with Gasteiger partial charge in [-0.1, -0.05) is 13.3 Å². The van der Waals surface area contributed by atoms with Gasteiger partial charge in [0.05, 0.1) is 20.3 Å². The molecule has 0 aliphatic carbocycles. The van der Waals surface area contributed by atoms with Gasteiger partial charge in [0, 0.05) is 12.0 Å². The lowest BCUT2D eigenvalue weighted by molar-refractivity contribution is -0.0485. The minimum atomic E-state index is -1.17. The minimum Gasteiger partial charge on any atom is -0.504 e. The molecule has 1 aliphatic rings. The van der Waals surface area contributed by atoms with Gasteiger partial charge in [-0.15, -0.1) is 0 Å². The third-order valence-electron chi connectivity index (χ3n) is 3.93. The van der Waals surface area contributed by atoms with E-state index in [2.05, 4.69) is 0 Å². The number of fused-ring (bicyclic) bond motifs is 1. The molecule has 1 aliphatic heterocycles. The van der Waals surface area contributed by atoms with E-state index in [1.165, 1.54) is 20.3 Å². The molecule has 1 aromatic rings. The van der Waals surface area contributed by atoms with Gasteiger partial charge in [-0.3, -0.25) is 0 Å². The molecule has 128 valence electrons. The number of cyclic esters (lactones) is 1. The van der Waals surface area contributed by atoms with Gasteiger partial charge in [0.2, 0.25) is 5.75 Å². The molecule has 0 spiro atoms. The van der Waals surface area contributed by atoms with Crippen LogP contribution in [0.4, 0.5) is 0 Å². The molecule has 3 N–H and O–H groups in total. The number of esters is 1. The van der Waals surface area contributed by atoms with E-state index in [1.807, 2.05) is 6.92 Å². The highest BCUT2D eigenvalue weighted by molar-refractivity contribution is 5.97. The number of aromatic hydroxyl groups is 1. The van der Waals surface area contributed by atoms with Crippen molar-refractivity contribution in [2.24, 2.45) is 0 Å². The Morgan fingerprint density at radius 1 is 1.35 bits per heavy atom. The fourth-order valence-electron chi connectivity index (χ4n) is 2.80. The van der Waals surface area contributed by atoms with Crippen molar-refractivity contribution in [3.05, 3.63) is 17.2 Å². The molecule has 2 rings (SSSR count). The highest BCUT2D eigenvalue weighted by Gasteiger charge is 2.39. The number of carbonyl (C=O) groups is 1. The number of carbonyl (C=O) groups excluding carboxylic acids is 1. The predicted octanol–water partition coefficient (Wildman–Crippen LogP) is 1.53. The van der Waals surface area contributed by atoms with Crippen LogP contribution in [0, 0.1) is 0 Å². The summed E-state index contributed by atoms with van der Waals surface area (Å²) in [5, 5.41) is 30.6. The van der Waals surface area contributed by atoms with Crippen LogP contribution in [0.1, 0.15) is 48.2 Å². The van der Waals surface area contributed by atoms with Gasteiger partial charge in [-0.05, 0) is 12.5 Å². The van der Waals surface area contributed by atoms with Crippen molar-refractivity contribution in [3.8, 4) is 17.2 Å². The van der Waals surface area contributed by atoms with Crippen molar-refractivity contribution >= 4 is 5.97 Å². The van der Waals surface area contributed by atoms with Crippen LogP contribution < -0.4 is 9.47 Å². The largest absolute Gasteiger partial charge is 0.504 e. The average Bonchev–Trinajstić information content (AvgIpc) is 2.51. The van der Waals surface area contributed by atoms with E-state index in [9.17, 15) is 20.1 Å². The first-order chi connectivity index (χ1) is 10.9. The van der Waals surface area contributed by atoms with Crippen molar-refractivity contribution in [2.75, 3.05) is 14.2 Å². The number of rotatable bonds is 6. The molecular formula is C16H22O7. The molecular weight excluding hydrogens is 304 g/mol. The van der Waals surface area contributed by atoms with Crippen molar-refractivity contribution in [1.82, 2.24) is 0 Å². The topological polar surface area (TPSA) is 105 Å². The molecule has 0 amide bonds. The summed E-state index contributed by atoms with van der Waals surface area (Å²) in [6, 6.07) is 1.44. The van der Waals surface area contributed by atoms with Crippen LogP contribution in [0.5, 0.6) is 17.2 Å². The summed E-state index contributed by atoms with van der Waals surface area (Å²) in [6.07, 6.45) is -1.28. The van der Waals surface area contributed by atoms with Crippen LogP contribution in [0.25, 0.3) is 0 Å². The third kappa shape index (κ3) is 3.20. The Kier molecular flexibility index (Phi) is 5.33. The second kappa shape index (κ2) is 7.06. The van der Waals surface area contributed by atoms with Crippen LogP contribution in [-0.2, 0) is 4.74 Å². The van der Waals surface area contributed by atoms with E-state index >= 15 is 0 Å². The van der Waals surface area contributed by atoms with Crippen LogP contribution in [0.15, 0.2) is 6.07 Å². The summed E-state index contributed by atoms with van der Waals surface area (Å²) in [4.78, 5) is 12.2. The lowest BCUT2D eigenvalue weighted by atomic mass is 9.91. The van der Waals surface area contributed by atoms with E-state index in [0.29, 0.717) is 6.42 Å². The number of hydrogen-bond donors (Lipinski definition) is 3. The zero-order valence-corrected chi connectivity index (χ0v) is 13.4. The Morgan fingerprint density at radius 2 is 2.04 bits per heavy atom. The second-order valence-corrected chi connectivity index (χ2v) is 5.49. The highest BCUT2D eigenvalue weighted by atomic mass is 16.6. The van der Waals surface area contributed by atoms with Crippen LogP contribution >= 0.6 is 0 Å². The van der Waals surface area contributed by atoms with Crippen LogP contribution in [0.2, 0.25) is 0 Å². The molecule has 0 aromatic heterocycles. The molecule has 0 saturated heterocycles. The Balaban J connectivity index is 2.41. The average molecular weight is 326 g/mol. The van der Waals surface area contributed by atoms with Gasteiger partial charge in [0.25, 0.3) is 0 Å². The van der Waals surface area contributed by atoms with Gasteiger partial charge in [-0.25, -0.2) is 4.79 Å². The number of phenols is 1. The molecule has 0 unspecified atom stereocenters. The molecule has 1 heterocycles. The normalized spacial score (nSPS) is 21.3. The van der Waals surface area contributed by atoms with Gasteiger partial charge in [0.1, 0.15) is 17.8 Å². The first-order valence-electron chi connectivity index (χ1n) is 7.49.